The van der Waals surface area contributed by atoms with Crippen molar-refractivity contribution in [3.8, 4) is 5.75 Å². The average Bonchev–Trinajstić information content (AvgIpc) is 2.46. The summed E-state index contributed by atoms with van der Waals surface area (Å²) in [6.07, 6.45) is 0. The van der Waals surface area contributed by atoms with Gasteiger partial charge in [0.25, 0.3) is 5.91 Å². The third kappa shape index (κ3) is 4.45. The Bertz CT molecular complexity index is 681. The predicted octanol–water partition coefficient (Wildman–Crippen LogP) is 4.50. The van der Waals surface area contributed by atoms with Crippen molar-refractivity contribution in [2.75, 3.05) is 6.61 Å². The fourth-order valence-corrected chi connectivity index (χ4v) is 2.77. The molecule has 1 atom stereocenters. The maximum absolute atomic E-state index is 12.9. The molecule has 1 amide bonds. The second kappa shape index (κ2) is 7.61. The first kappa shape index (κ1) is 16.8. The molecular formula is C16H14BrClFNO2. The van der Waals surface area contributed by atoms with Crippen LogP contribution in [0.1, 0.15) is 18.5 Å². The van der Waals surface area contributed by atoms with E-state index in [0.29, 0.717) is 0 Å². The number of halogens is 3. The molecule has 0 saturated heterocycles. The monoisotopic (exact) mass is 385 g/mol. The van der Waals surface area contributed by atoms with Gasteiger partial charge in [0.15, 0.2) is 6.61 Å². The van der Waals surface area contributed by atoms with Crippen molar-refractivity contribution < 1.29 is 13.9 Å². The number of benzene rings is 2. The van der Waals surface area contributed by atoms with Crippen LogP contribution in [0.25, 0.3) is 0 Å². The number of amides is 1. The largest absolute Gasteiger partial charge is 0.482 e. The minimum atomic E-state index is -0.454. The summed E-state index contributed by atoms with van der Waals surface area (Å²) in [4.78, 5) is 11.9. The second-order valence-corrected chi connectivity index (χ2v) is 5.94. The smallest absolute Gasteiger partial charge is 0.258 e. The van der Waals surface area contributed by atoms with Crippen LogP contribution < -0.4 is 10.1 Å². The minimum Gasteiger partial charge on any atom is -0.482 e. The van der Waals surface area contributed by atoms with E-state index in [4.69, 9.17) is 16.3 Å². The van der Waals surface area contributed by atoms with Gasteiger partial charge in [-0.2, -0.15) is 0 Å². The Morgan fingerprint density at radius 1 is 1.36 bits per heavy atom. The highest BCUT2D eigenvalue weighted by Crippen LogP contribution is 2.25. The van der Waals surface area contributed by atoms with E-state index >= 15 is 0 Å². The molecule has 0 saturated carbocycles. The van der Waals surface area contributed by atoms with E-state index in [0.717, 1.165) is 16.1 Å². The Labute approximate surface area is 141 Å². The molecule has 22 heavy (non-hydrogen) atoms. The molecule has 0 aliphatic rings. The predicted molar refractivity (Wildman–Crippen MR) is 87.6 cm³/mol. The third-order valence-electron chi connectivity index (χ3n) is 3.00. The van der Waals surface area contributed by atoms with Crippen LogP contribution in [0.15, 0.2) is 46.9 Å². The fraction of sp³-hybridized carbons (Fsp3) is 0.188. The first-order chi connectivity index (χ1) is 10.5. The zero-order valence-electron chi connectivity index (χ0n) is 11.8. The summed E-state index contributed by atoms with van der Waals surface area (Å²) < 4.78 is 19.1. The molecule has 0 heterocycles. The lowest BCUT2D eigenvalue weighted by Gasteiger charge is -2.16. The summed E-state index contributed by atoms with van der Waals surface area (Å²) in [6, 6.07) is 11.2. The van der Waals surface area contributed by atoms with Crippen LogP contribution in [0.5, 0.6) is 5.75 Å². The van der Waals surface area contributed by atoms with Crippen LogP contribution in [-0.2, 0) is 4.79 Å². The second-order valence-electron chi connectivity index (χ2n) is 4.67. The molecule has 2 rings (SSSR count). The Kier molecular flexibility index (Phi) is 5.80. The Morgan fingerprint density at radius 2 is 2.09 bits per heavy atom. The average molecular weight is 387 g/mol. The number of nitrogens with one attached hydrogen (secondary N) is 1. The van der Waals surface area contributed by atoms with Gasteiger partial charge in [0.2, 0.25) is 0 Å². The van der Waals surface area contributed by atoms with Crippen LogP contribution in [0, 0.1) is 5.82 Å². The molecule has 2 aromatic rings. The van der Waals surface area contributed by atoms with Gasteiger partial charge in [-0.05, 0) is 36.8 Å². The van der Waals surface area contributed by atoms with Crippen molar-refractivity contribution in [1.82, 2.24) is 5.32 Å². The molecule has 1 unspecified atom stereocenters. The van der Waals surface area contributed by atoms with Crippen LogP contribution in [0.2, 0.25) is 5.02 Å². The van der Waals surface area contributed by atoms with Gasteiger partial charge in [0, 0.05) is 4.47 Å². The molecule has 2 aromatic carbocycles. The molecule has 0 aromatic heterocycles. The Morgan fingerprint density at radius 3 is 2.77 bits per heavy atom. The first-order valence-corrected chi connectivity index (χ1v) is 7.76. The van der Waals surface area contributed by atoms with Crippen molar-refractivity contribution in [2.45, 2.75) is 13.0 Å². The molecule has 1 N–H and O–H groups in total. The number of carbonyl (C=O) groups excluding carboxylic acids is 1. The van der Waals surface area contributed by atoms with Crippen molar-refractivity contribution in [2.24, 2.45) is 0 Å². The normalized spacial score (nSPS) is 11.8. The lowest BCUT2D eigenvalue weighted by molar-refractivity contribution is -0.123. The molecular weight excluding hydrogens is 373 g/mol. The van der Waals surface area contributed by atoms with Crippen LogP contribution in [-0.4, -0.2) is 12.5 Å². The van der Waals surface area contributed by atoms with Gasteiger partial charge in [0.1, 0.15) is 11.6 Å². The fourth-order valence-electron chi connectivity index (χ4n) is 1.92. The zero-order valence-corrected chi connectivity index (χ0v) is 14.1. The van der Waals surface area contributed by atoms with Gasteiger partial charge in [-0.25, -0.2) is 4.39 Å². The number of hydrogen-bond donors (Lipinski definition) is 1. The van der Waals surface area contributed by atoms with Crippen LogP contribution in [0.4, 0.5) is 4.39 Å². The molecule has 0 spiro atoms. The summed E-state index contributed by atoms with van der Waals surface area (Å²) in [5.41, 5.74) is 0.968. The van der Waals surface area contributed by atoms with Crippen LogP contribution in [0.3, 0.4) is 0 Å². The highest BCUT2D eigenvalue weighted by Gasteiger charge is 2.13. The summed E-state index contributed by atoms with van der Waals surface area (Å²) in [5.74, 6) is -0.472. The van der Waals surface area contributed by atoms with Gasteiger partial charge in [0.05, 0.1) is 11.1 Å². The maximum Gasteiger partial charge on any atom is 0.258 e. The highest BCUT2D eigenvalue weighted by atomic mass is 79.9. The molecule has 3 nitrogen and oxygen atoms in total. The number of carbonyl (C=O) groups is 1. The summed E-state index contributed by atoms with van der Waals surface area (Å²) >= 11 is 9.28. The summed E-state index contributed by atoms with van der Waals surface area (Å²) in [7, 11) is 0. The highest BCUT2D eigenvalue weighted by molar-refractivity contribution is 9.10. The van der Waals surface area contributed by atoms with E-state index in [9.17, 15) is 9.18 Å². The van der Waals surface area contributed by atoms with E-state index in [1.165, 1.54) is 12.1 Å². The standard InChI is InChI=1S/C16H14BrClFNO2/c1-10(12-4-2-3-5-13(12)17)20-16(21)9-22-15-7-6-11(19)8-14(15)18/h2-8,10H,9H2,1H3,(H,20,21). The van der Waals surface area contributed by atoms with E-state index < -0.39 is 5.82 Å². The molecule has 0 aliphatic carbocycles. The van der Waals surface area contributed by atoms with Gasteiger partial charge in [-0.3, -0.25) is 4.79 Å². The van der Waals surface area contributed by atoms with Crippen molar-refractivity contribution in [3.63, 3.8) is 0 Å². The van der Waals surface area contributed by atoms with Gasteiger partial charge < -0.3 is 10.1 Å². The quantitative estimate of drug-likeness (QED) is 0.822. The maximum atomic E-state index is 12.9. The van der Waals surface area contributed by atoms with E-state index in [1.54, 1.807) is 0 Å². The number of ether oxygens (including phenoxy) is 1. The lowest BCUT2D eigenvalue weighted by atomic mass is 10.1. The minimum absolute atomic E-state index is 0.131. The van der Waals surface area contributed by atoms with E-state index in [2.05, 4.69) is 21.2 Å². The Hall–Kier alpha value is -1.59. The molecule has 6 heteroatoms. The van der Waals surface area contributed by atoms with Gasteiger partial charge >= 0.3 is 0 Å². The lowest BCUT2D eigenvalue weighted by Crippen LogP contribution is -2.31. The van der Waals surface area contributed by atoms with Crippen LogP contribution >= 0.6 is 27.5 Å². The molecule has 0 aliphatic heterocycles. The topological polar surface area (TPSA) is 38.3 Å². The number of hydrogen-bond acceptors (Lipinski definition) is 2. The number of rotatable bonds is 5. The van der Waals surface area contributed by atoms with Gasteiger partial charge in [-0.15, -0.1) is 0 Å². The first-order valence-electron chi connectivity index (χ1n) is 6.59. The van der Waals surface area contributed by atoms with Crippen molar-refractivity contribution >= 4 is 33.4 Å². The Balaban J connectivity index is 1.92. The summed E-state index contributed by atoms with van der Waals surface area (Å²) in [6.45, 7) is 1.68. The van der Waals surface area contributed by atoms with Crippen molar-refractivity contribution in [1.29, 1.82) is 0 Å². The van der Waals surface area contributed by atoms with E-state index in [-0.39, 0.29) is 29.3 Å². The molecule has 116 valence electrons. The SMILES string of the molecule is CC(NC(=O)COc1ccc(F)cc1Cl)c1ccccc1Br. The molecule has 0 radical (unpaired) electrons. The van der Waals surface area contributed by atoms with E-state index in [1.807, 2.05) is 31.2 Å². The molecule has 0 bridgehead atoms. The summed E-state index contributed by atoms with van der Waals surface area (Å²) in [5, 5.41) is 2.96. The van der Waals surface area contributed by atoms with Crippen molar-refractivity contribution in [3.05, 3.63) is 63.3 Å². The third-order valence-corrected chi connectivity index (χ3v) is 4.02. The van der Waals surface area contributed by atoms with Gasteiger partial charge in [-0.1, -0.05) is 45.7 Å². The molecule has 0 fully saturated rings. The zero-order chi connectivity index (χ0) is 16.1.